The van der Waals surface area contributed by atoms with Crippen molar-refractivity contribution >= 4 is 49.2 Å². The zero-order valence-corrected chi connectivity index (χ0v) is 20.7. The van der Waals surface area contributed by atoms with Gasteiger partial charge in [-0.2, -0.15) is 0 Å². The summed E-state index contributed by atoms with van der Waals surface area (Å²) in [6, 6.07) is 23.6. The highest BCUT2D eigenvalue weighted by atomic mass is 35.5. The predicted octanol–water partition coefficient (Wildman–Crippen LogP) is 5.21. The van der Waals surface area contributed by atoms with Crippen LogP contribution in [0.5, 0.6) is 0 Å². The van der Waals surface area contributed by atoms with E-state index in [0.29, 0.717) is 29.0 Å². The van der Waals surface area contributed by atoms with Crippen molar-refractivity contribution in [2.75, 3.05) is 6.54 Å². The molecule has 0 saturated heterocycles. The van der Waals surface area contributed by atoms with E-state index in [1.165, 1.54) is 23.7 Å². The number of aromatic nitrogens is 2. The molecule has 1 amide bonds. The number of hydrogen-bond acceptors (Lipinski definition) is 3. The Kier molecular flexibility index (Phi) is 6.13. The van der Waals surface area contributed by atoms with E-state index in [2.05, 4.69) is 35.0 Å². The summed E-state index contributed by atoms with van der Waals surface area (Å²) in [4.78, 5) is 13.1. The SMILES string of the molecule is Cc1cc2ccccc2n1CCNC(=O)Cn1cc(S(=O)(=O)c2ccc(Cl)cc2)c2ccccc21. The molecule has 1 N–H and O–H groups in total. The summed E-state index contributed by atoms with van der Waals surface area (Å²) in [5.74, 6) is -0.185. The number of hydrogen-bond donors (Lipinski definition) is 1. The second-order valence-electron chi connectivity index (χ2n) is 8.44. The maximum atomic E-state index is 13.3. The Labute approximate surface area is 208 Å². The largest absolute Gasteiger partial charge is 0.353 e. The Morgan fingerprint density at radius 1 is 0.943 bits per heavy atom. The number of fused-ring (bicyclic) bond motifs is 2. The van der Waals surface area contributed by atoms with Gasteiger partial charge in [0, 0.05) is 46.4 Å². The number of carbonyl (C=O) groups excluding carboxylic acids is 1. The van der Waals surface area contributed by atoms with Gasteiger partial charge in [-0.3, -0.25) is 4.79 Å². The van der Waals surface area contributed by atoms with E-state index in [0.717, 1.165) is 11.2 Å². The molecule has 0 aliphatic carbocycles. The van der Waals surface area contributed by atoms with E-state index in [-0.39, 0.29) is 22.2 Å². The molecule has 0 atom stereocenters. The molecule has 0 aliphatic heterocycles. The molecule has 0 fully saturated rings. The van der Waals surface area contributed by atoms with Crippen LogP contribution in [0.4, 0.5) is 0 Å². The fourth-order valence-electron chi connectivity index (χ4n) is 4.46. The molecule has 2 aromatic heterocycles. The molecular weight excluding hydrogens is 482 g/mol. The van der Waals surface area contributed by atoms with E-state index in [4.69, 9.17) is 11.6 Å². The highest BCUT2D eigenvalue weighted by Crippen LogP contribution is 2.30. The number of carbonyl (C=O) groups is 1. The molecule has 2 heterocycles. The van der Waals surface area contributed by atoms with Gasteiger partial charge in [-0.05, 0) is 54.8 Å². The third-order valence-corrected chi connectivity index (χ3v) is 8.20. The Hall–Kier alpha value is -3.55. The van der Waals surface area contributed by atoms with Crippen molar-refractivity contribution in [2.24, 2.45) is 0 Å². The minimum atomic E-state index is -3.78. The zero-order valence-electron chi connectivity index (χ0n) is 19.1. The van der Waals surface area contributed by atoms with Crippen molar-refractivity contribution < 1.29 is 13.2 Å². The van der Waals surface area contributed by atoms with E-state index >= 15 is 0 Å². The molecule has 0 bridgehead atoms. The highest BCUT2D eigenvalue weighted by molar-refractivity contribution is 7.91. The molecule has 0 saturated carbocycles. The van der Waals surface area contributed by atoms with Crippen LogP contribution in [0.2, 0.25) is 5.02 Å². The molecule has 0 unspecified atom stereocenters. The van der Waals surface area contributed by atoms with Crippen molar-refractivity contribution in [3.63, 3.8) is 0 Å². The molecule has 35 heavy (non-hydrogen) atoms. The maximum absolute atomic E-state index is 13.3. The van der Waals surface area contributed by atoms with E-state index in [1.807, 2.05) is 24.3 Å². The average molecular weight is 506 g/mol. The molecule has 5 aromatic rings. The highest BCUT2D eigenvalue weighted by Gasteiger charge is 2.24. The van der Waals surface area contributed by atoms with Crippen LogP contribution in [-0.2, 0) is 27.7 Å². The minimum absolute atomic E-state index is 0.0159. The van der Waals surface area contributed by atoms with Gasteiger partial charge in [0.1, 0.15) is 6.54 Å². The number of rotatable bonds is 7. The summed E-state index contributed by atoms with van der Waals surface area (Å²) in [5.41, 5.74) is 2.95. The molecule has 5 rings (SSSR count). The van der Waals surface area contributed by atoms with Gasteiger partial charge in [0.05, 0.1) is 9.79 Å². The molecule has 0 radical (unpaired) electrons. The van der Waals surface area contributed by atoms with Crippen LogP contribution in [0.1, 0.15) is 5.69 Å². The minimum Gasteiger partial charge on any atom is -0.353 e. The standard InChI is InChI=1S/C27H24ClN3O3S/c1-19-16-20-6-2-4-8-24(20)31(19)15-14-29-27(32)18-30-17-26(23-7-3-5-9-25(23)30)35(33,34)22-12-10-21(28)11-13-22/h2-13,16-17H,14-15,18H2,1H3,(H,29,32). The predicted molar refractivity (Wildman–Crippen MR) is 139 cm³/mol. The van der Waals surface area contributed by atoms with Crippen molar-refractivity contribution in [1.82, 2.24) is 14.5 Å². The topological polar surface area (TPSA) is 73.1 Å². The lowest BCUT2D eigenvalue weighted by molar-refractivity contribution is -0.121. The summed E-state index contributed by atoms with van der Waals surface area (Å²) in [7, 11) is -3.78. The fraction of sp³-hybridized carbons (Fsp3) is 0.148. The third-order valence-electron chi connectivity index (χ3n) is 6.15. The Morgan fingerprint density at radius 2 is 1.63 bits per heavy atom. The van der Waals surface area contributed by atoms with Gasteiger partial charge in [-0.1, -0.05) is 48.0 Å². The Bertz CT molecular complexity index is 1650. The molecule has 0 aliphatic rings. The number of nitrogens with zero attached hydrogens (tertiary/aromatic N) is 2. The summed E-state index contributed by atoms with van der Waals surface area (Å²) in [6.07, 6.45) is 1.54. The monoisotopic (exact) mass is 505 g/mol. The van der Waals surface area contributed by atoms with Crippen molar-refractivity contribution in [1.29, 1.82) is 0 Å². The second-order valence-corrected chi connectivity index (χ2v) is 10.8. The first-order chi connectivity index (χ1) is 16.8. The van der Waals surface area contributed by atoms with Crippen LogP contribution in [0.25, 0.3) is 21.8 Å². The summed E-state index contributed by atoms with van der Waals surface area (Å²) < 4.78 is 30.5. The molecule has 178 valence electrons. The van der Waals surface area contributed by atoms with Crippen molar-refractivity contribution in [3.8, 4) is 0 Å². The van der Waals surface area contributed by atoms with Crippen LogP contribution in [-0.4, -0.2) is 30.0 Å². The van der Waals surface area contributed by atoms with Crippen LogP contribution in [0, 0.1) is 6.92 Å². The molecular formula is C27H24ClN3O3S. The molecule has 3 aromatic carbocycles. The quantitative estimate of drug-likeness (QED) is 0.330. The molecule has 8 heteroatoms. The normalized spacial score (nSPS) is 11.8. The van der Waals surface area contributed by atoms with Crippen LogP contribution in [0.15, 0.2) is 94.9 Å². The number of nitrogens with one attached hydrogen (secondary N) is 1. The molecule has 0 spiro atoms. The van der Waals surface area contributed by atoms with Gasteiger partial charge in [0.15, 0.2) is 0 Å². The van der Waals surface area contributed by atoms with Gasteiger partial charge < -0.3 is 14.5 Å². The lowest BCUT2D eigenvalue weighted by atomic mass is 10.2. The maximum Gasteiger partial charge on any atom is 0.240 e. The lowest BCUT2D eigenvalue weighted by Crippen LogP contribution is -2.30. The first kappa shape index (κ1) is 23.2. The summed E-state index contributed by atoms with van der Waals surface area (Å²) in [6.45, 7) is 3.18. The number of aryl methyl sites for hydroxylation is 1. The smallest absolute Gasteiger partial charge is 0.240 e. The molecule has 6 nitrogen and oxygen atoms in total. The van der Waals surface area contributed by atoms with E-state index in [9.17, 15) is 13.2 Å². The number of amides is 1. The second kappa shape index (κ2) is 9.24. The zero-order chi connectivity index (χ0) is 24.6. The van der Waals surface area contributed by atoms with Crippen molar-refractivity contribution in [3.05, 3.63) is 95.8 Å². The number of para-hydroxylation sites is 2. The van der Waals surface area contributed by atoms with Crippen LogP contribution < -0.4 is 5.32 Å². The number of halogens is 1. The summed E-state index contributed by atoms with van der Waals surface area (Å²) >= 11 is 5.93. The van der Waals surface area contributed by atoms with Crippen molar-refractivity contribution in [2.45, 2.75) is 29.8 Å². The first-order valence-electron chi connectivity index (χ1n) is 11.2. The fourth-order valence-corrected chi connectivity index (χ4v) is 6.06. The lowest BCUT2D eigenvalue weighted by Gasteiger charge is -2.10. The van der Waals surface area contributed by atoms with Crippen LogP contribution >= 0.6 is 11.6 Å². The average Bonchev–Trinajstić information content (AvgIpc) is 3.37. The Balaban J connectivity index is 1.35. The third kappa shape index (κ3) is 4.45. The Morgan fingerprint density at radius 3 is 2.40 bits per heavy atom. The van der Waals surface area contributed by atoms with E-state index < -0.39 is 9.84 Å². The van der Waals surface area contributed by atoms with Gasteiger partial charge in [-0.25, -0.2) is 8.42 Å². The first-order valence-corrected chi connectivity index (χ1v) is 13.1. The number of sulfone groups is 1. The summed E-state index contributed by atoms with van der Waals surface area (Å²) in [5, 5.41) is 5.18. The van der Waals surface area contributed by atoms with Gasteiger partial charge in [0.25, 0.3) is 0 Å². The number of benzene rings is 3. The van der Waals surface area contributed by atoms with Gasteiger partial charge >= 0.3 is 0 Å². The van der Waals surface area contributed by atoms with Gasteiger partial charge in [0.2, 0.25) is 15.7 Å². The van der Waals surface area contributed by atoms with E-state index in [1.54, 1.807) is 28.8 Å². The van der Waals surface area contributed by atoms with Crippen LogP contribution in [0.3, 0.4) is 0 Å². The van der Waals surface area contributed by atoms with Gasteiger partial charge in [-0.15, -0.1) is 0 Å².